The van der Waals surface area contributed by atoms with Gasteiger partial charge in [-0.2, -0.15) is 14.8 Å². The maximum atomic E-state index is 12.9. The van der Waals surface area contributed by atoms with Gasteiger partial charge in [-0.05, 0) is 24.3 Å². The van der Waals surface area contributed by atoms with Gasteiger partial charge in [-0.25, -0.2) is 9.67 Å². The highest BCUT2D eigenvalue weighted by Crippen LogP contribution is 2.20. The quantitative estimate of drug-likeness (QED) is 0.709. The van der Waals surface area contributed by atoms with Gasteiger partial charge >= 0.3 is 0 Å². The van der Waals surface area contributed by atoms with Crippen LogP contribution in [0.4, 0.5) is 4.39 Å². The molecule has 3 heterocycles. The number of nitriles is 1. The van der Waals surface area contributed by atoms with Crippen molar-refractivity contribution in [3.63, 3.8) is 0 Å². The normalized spacial score (nSPS) is 10.7. The number of fused-ring (bicyclic) bond motifs is 1. The molecule has 0 aliphatic rings. The Balaban J connectivity index is 2.10. The van der Waals surface area contributed by atoms with Gasteiger partial charge in [-0.3, -0.25) is 0 Å². The molecule has 0 spiro atoms. The van der Waals surface area contributed by atoms with E-state index in [-0.39, 0.29) is 5.13 Å². The highest BCUT2D eigenvalue weighted by atomic mass is 32.1. The number of thiophene rings is 1. The average molecular weight is 258 g/mol. The number of rotatable bonds is 2. The molecule has 3 aromatic heterocycles. The lowest BCUT2D eigenvalue weighted by molar-refractivity contribution is 0.657. The van der Waals surface area contributed by atoms with Crippen LogP contribution >= 0.6 is 11.3 Å². The lowest BCUT2D eigenvalue weighted by atomic mass is 10.3. The second kappa shape index (κ2) is 4.20. The zero-order valence-corrected chi connectivity index (χ0v) is 9.99. The summed E-state index contributed by atoms with van der Waals surface area (Å²) in [6.07, 6.45) is 1.65. The molecule has 0 aliphatic carbocycles. The summed E-state index contributed by atoms with van der Waals surface area (Å²) in [5, 5.41) is 13.7. The molecule has 0 saturated heterocycles. The molecule has 0 bridgehead atoms. The summed E-state index contributed by atoms with van der Waals surface area (Å²) in [5.74, 6) is 0. The van der Waals surface area contributed by atoms with Gasteiger partial charge in [0.15, 0.2) is 16.5 Å². The highest BCUT2D eigenvalue weighted by Gasteiger charge is 2.11. The lowest BCUT2D eigenvalue weighted by Crippen LogP contribution is -2.01. The Kier molecular flexibility index (Phi) is 2.54. The molecule has 0 amide bonds. The van der Waals surface area contributed by atoms with Gasteiger partial charge in [0.05, 0.1) is 11.9 Å². The van der Waals surface area contributed by atoms with E-state index in [2.05, 4.69) is 10.1 Å². The molecular formula is C12H7FN4S. The summed E-state index contributed by atoms with van der Waals surface area (Å²) >= 11 is 1.07. The molecule has 0 saturated carbocycles. The summed E-state index contributed by atoms with van der Waals surface area (Å²) in [6.45, 7) is 0.420. The topological polar surface area (TPSA) is 54.5 Å². The molecule has 88 valence electrons. The smallest absolute Gasteiger partial charge is 0.176 e. The van der Waals surface area contributed by atoms with Crippen LogP contribution in [0.15, 0.2) is 30.5 Å². The van der Waals surface area contributed by atoms with Crippen LogP contribution in [0.1, 0.15) is 10.6 Å². The zero-order valence-electron chi connectivity index (χ0n) is 9.17. The van der Waals surface area contributed by atoms with E-state index in [1.54, 1.807) is 29.1 Å². The molecule has 0 N–H and O–H groups in total. The number of pyridine rings is 1. The monoisotopic (exact) mass is 258 g/mol. The minimum Gasteiger partial charge on any atom is -0.241 e. The Hall–Kier alpha value is -2.26. The third-order valence-electron chi connectivity index (χ3n) is 2.55. The Bertz CT molecular complexity index is 753. The van der Waals surface area contributed by atoms with E-state index in [1.165, 1.54) is 6.07 Å². The van der Waals surface area contributed by atoms with E-state index in [9.17, 15) is 4.39 Å². The molecule has 4 nitrogen and oxygen atoms in total. The first kappa shape index (κ1) is 10.9. The number of hydrogen-bond donors (Lipinski definition) is 0. The van der Waals surface area contributed by atoms with E-state index in [4.69, 9.17) is 5.26 Å². The van der Waals surface area contributed by atoms with Crippen LogP contribution in [0.2, 0.25) is 0 Å². The summed E-state index contributed by atoms with van der Waals surface area (Å²) in [5.41, 5.74) is 0.984. The second-order valence-electron chi connectivity index (χ2n) is 3.70. The van der Waals surface area contributed by atoms with Crippen molar-refractivity contribution in [2.45, 2.75) is 6.54 Å². The molecule has 0 fully saturated rings. The van der Waals surface area contributed by atoms with E-state index in [0.717, 1.165) is 21.6 Å². The van der Waals surface area contributed by atoms with Gasteiger partial charge in [0.1, 0.15) is 6.07 Å². The number of nitrogens with zero attached hydrogens (tertiary/aromatic N) is 4. The fourth-order valence-corrected chi connectivity index (χ4v) is 2.50. The number of halogens is 1. The zero-order chi connectivity index (χ0) is 12.5. The second-order valence-corrected chi connectivity index (χ2v) is 4.82. The van der Waals surface area contributed by atoms with Gasteiger partial charge in [-0.1, -0.05) is 0 Å². The third-order valence-corrected chi connectivity index (χ3v) is 3.41. The van der Waals surface area contributed by atoms with Crippen LogP contribution in [0, 0.1) is 16.5 Å². The van der Waals surface area contributed by atoms with Crippen LogP contribution in [-0.2, 0) is 6.54 Å². The van der Waals surface area contributed by atoms with E-state index < -0.39 is 0 Å². The summed E-state index contributed by atoms with van der Waals surface area (Å²) < 4.78 is 14.6. The van der Waals surface area contributed by atoms with Crippen LogP contribution < -0.4 is 0 Å². The Morgan fingerprint density at radius 2 is 2.28 bits per heavy atom. The third kappa shape index (κ3) is 1.75. The molecular weight excluding hydrogens is 251 g/mol. The van der Waals surface area contributed by atoms with Crippen molar-refractivity contribution in [2.75, 3.05) is 0 Å². The SMILES string of the molecule is N#Cc1nn(Cc2ccc(F)s2)c2ncccc12. The largest absolute Gasteiger partial charge is 0.241 e. The molecule has 0 radical (unpaired) electrons. The van der Waals surface area contributed by atoms with Crippen molar-refractivity contribution in [1.82, 2.24) is 14.8 Å². The van der Waals surface area contributed by atoms with Crippen LogP contribution in [-0.4, -0.2) is 14.8 Å². The van der Waals surface area contributed by atoms with E-state index in [0.29, 0.717) is 17.9 Å². The van der Waals surface area contributed by atoms with Crippen molar-refractivity contribution in [1.29, 1.82) is 5.26 Å². The van der Waals surface area contributed by atoms with Gasteiger partial charge in [0.2, 0.25) is 0 Å². The average Bonchev–Trinajstić information content (AvgIpc) is 2.95. The molecule has 6 heteroatoms. The van der Waals surface area contributed by atoms with Crippen LogP contribution in [0.25, 0.3) is 11.0 Å². The summed E-state index contributed by atoms with van der Waals surface area (Å²) in [7, 11) is 0. The lowest BCUT2D eigenvalue weighted by Gasteiger charge is -1.99. The number of hydrogen-bond acceptors (Lipinski definition) is 4. The van der Waals surface area contributed by atoms with Crippen molar-refractivity contribution >= 4 is 22.4 Å². The molecule has 3 rings (SSSR count). The Morgan fingerprint density at radius 1 is 1.39 bits per heavy atom. The maximum Gasteiger partial charge on any atom is 0.176 e. The molecule has 0 aliphatic heterocycles. The van der Waals surface area contributed by atoms with E-state index >= 15 is 0 Å². The van der Waals surface area contributed by atoms with Gasteiger partial charge in [0.25, 0.3) is 0 Å². The molecule has 0 atom stereocenters. The highest BCUT2D eigenvalue weighted by molar-refractivity contribution is 7.10. The molecule has 0 unspecified atom stereocenters. The fraction of sp³-hybridized carbons (Fsp3) is 0.0833. The number of aromatic nitrogens is 3. The van der Waals surface area contributed by atoms with Crippen LogP contribution in [0.5, 0.6) is 0 Å². The first-order chi connectivity index (χ1) is 8.78. The molecule has 0 aromatic carbocycles. The summed E-state index contributed by atoms with van der Waals surface area (Å²) in [6, 6.07) is 8.74. The molecule has 3 aromatic rings. The van der Waals surface area contributed by atoms with Crippen LogP contribution in [0.3, 0.4) is 0 Å². The maximum absolute atomic E-state index is 12.9. The Morgan fingerprint density at radius 3 is 3.00 bits per heavy atom. The first-order valence-corrected chi connectivity index (χ1v) is 6.05. The van der Waals surface area contributed by atoms with Gasteiger partial charge in [0, 0.05) is 11.1 Å². The predicted molar refractivity (Wildman–Crippen MR) is 65.6 cm³/mol. The van der Waals surface area contributed by atoms with E-state index in [1.807, 2.05) is 6.07 Å². The minimum absolute atomic E-state index is 0.227. The fourth-order valence-electron chi connectivity index (χ4n) is 1.79. The van der Waals surface area contributed by atoms with Crippen molar-refractivity contribution in [3.8, 4) is 6.07 Å². The summed E-state index contributed by atoms with van der Waals surface area (Å²) in [4.78, 5) is 5.05. The predicted octanol–water partition coefficient (Wildman–Crippen LogP) is 2.55. The first-order valence-electron chi connectivity index (χ1n) is 5.24. The van der Waals surface area contributed by atoms with Gasteiger partial charge < -0.3 is 0 Å². The Labute approximate surface area is 106 Å². The van der Waals surface area contributed by atoms with Gasteiger partial charge in [-0.15, -0.1) is 11.3 Å². The molecule has 18 heavy (non-hydrogen) atoms. The van der Waals surface area contributed by atoms with Crippen molar-refractivity contribution in [2.24, 2.45) is 0 Å². The standard InChI is InChI=1S/C12H7FN4S/c13-11-4-3-8(18-11)7-17-12-9(2-1-5-15-12)10(6-14)16-17/h1-5H,7H2. The minimum atomic E-state index is -0.227. The van der Waals surface area contributed by atoms with Crippen molar-refractivity contribution in [3.05, 3.63) is 46.2 Å². The van der Waals surface area contributed by atoms with Crippen molar-refractivity contribution < 1.29 is 4.39 Å².